The van der Waals surface area contributed by atoms with Crippen molar-refractivity contribution in [3.8, 4) is 0 Å². The summed E-state index contributed by atoms with van der Waals surface area (Å²) in [6, 6.07) is 0. The molecule has 6 atom stereocenters. The maximum atomic E-state index is 2.70. The second-order valence-corrected chi connectivity index (χ2v) is 9.21. The molecule has 1 unspecified atom stereocenters. The molecular formula is C21H34. The van der Waals surface area contributed by atoms with Gasteiger partial charge in [-0.2, -0.15) is 0 Å². The molecule has 118 valence electrons. The maximum absolute atomic E-state index is 2.70. The van der Waals surface area contributed by atoms with E-state index in [1.54, 1.807) is 25.7 Å². The van der Waals surface area contributed by atoms with E-state index in [-0.39, 0.29) is 0 Å². The molecule has 0 aromatic rings. The van der Waals surface area contributed by atoms with Gasteiger partial charge in [0.1, 0.15) is 0 Å². The van der Waals surface area contributed by atoms with E-state index in [1.165, 1.54) is 38.5 Å². The number of hydrogen-bond acceptors (Lipinski definition) is 0. The van der Waals surface area contributed by atoms with Crippen molar-refractivity contribution in [2.24, 2.45) is 34.5 Å². The fraction of sp³-hybridized carbons (Fsp3) is 0.905. The Morgan fingerprint density at radius 1 is 0.905 bits per heavy atom. The summed E-state index contributed by atoms with van der Waals surface area (Å²) in [7, 11) is 0. The number of rotatable bonds is 0. The first-order chi connectivity index (χ1) is 10.1. The summed E-state index contributed by atoms with van der Waals surface area (Å²) in [5.74, 6) is 4.20. The van der Waals surface area contributed by atoms with Crippen molar-refractivity contribution in [1.82, 2.24) is 0 Å². The third-order valence-corrected chi connectivity index (χ3v) is 8.78. The van der Waals surface area contributed by atoms with Crippen LogP contribution in [0.25, 0.3) is 0 Å². The minimum absolute atomic E-state index is 0.577. The van der Waals surface area contributed by atoms with Crippen LogP contribution < -0.4 is 0 Å². The van der Waals surface area contributed by atoms with E-state index in [0.29, 0.717) is 10.8 Å². The highest BCUT2D eigenvalue weighted by Gasteiger charge is 2.58. The van der Waals surface area contributed by atoms with E-state index in [2.05, 4.69) is 26.8 Å². The summed E-state index contributed by atoms with van der Waals surface area (Å²) in [5, 5.41) is 0. The van der Waals surface area contributed by atoms with Crippen LogP contribution in [0.15, 0.2) is 11.6 Å². The molecule has 0 aromatic carbocycles. The molecule has 0 radical (unpaired) electrons. The highest BCUT2D eigenvalue weighted by Crippen LogP contribution is 2.67. The maximum Gasteiger partial charge on any atom is -0.00853 e. The van der Waals surface area contributed by atoms with Gasteiger partial charge < -0.3 is 0 Å². The molecule has 0 spiro atoms. The van der Waals surface area contributed by atoms with Crippen LogP contribution in [-0.4, -0.2) is 0 Å². The predicted octanol–water partition coefficient (Wildman–Crippen LogP) is 6.37. The van der Waals surface area contributed by atoms with Crippen LogP contribution in [0.2, 0.25) is 0 Å². The smallest absolute Gasteiger partial charge is 0.00853 e. The molecule has 21 heavy (non-hydrogen) atoms. The Morgan fingerprint density at radius 3 is 2.57 bits per heavy atom. The first-order valence-electron chi connectivity index (χ1n) is 9.75. The van der Waals surface area contributed by atoms with Crippen molar-refractivity contribution < 1.29 is 0 Å². The van der Waals surface area contributed by atoms with Crippen molar-refractivity contribution in [3.05, 3.63) is 11.6 Å². The number of fused-ring (bicyclic) bond motifs is 5. The van der Waals surface area contributed by atoms with E-state index in [1.807, 2.05) is 5.57 Å². The summed E-state index contributed by atoms with van der Waals surface area (Å²) in [4.78, 5) is 0. The Bertz CT molecular complexity index is 447. The molecule has 4 fully saturated rings. The van der Waals surface area contributed by atoms with Gasteiger partial charge in [0, 0.05) is 0 Å². The van der Waals surface area contributed by atoms with Crippen LogP contribution in [-0.2, 0) is 0 Å². The molecule has 0 aromatic heterocycles. The summed E-state index contributed by atoms with van der Waals surface area (Å²) >= 11 is 0. The van der Waals surface area contributed by atoms with Crippen LogP contribution in [0.3, 0.4) is 0 Å². The molecule has 4 rings (SSSR count). The largest absolute Gasteiger partial charge is 0.0879 e. The molecule has 0 nitrogen and oxygen atoms in total. The van der Waals surface area contributed by atoms with Crippen LogP contribution in [0, 0.1) is 34.5 Å². The molecule has 4 aliphatic carbocycles. The monoisotopic (exact) mass is 286 g/mol. The van der Waals surface area contributed by atoms with Gasteiger partial charge >= 0.3 is 0 Å². The lowest BCUT2D eigenvalue weighted by atomic mass is 9.45. The highest BCUT2D eigenvalue weighted by atomic mass is 14.6. The highest BCUT2D eigenvalue weighted by molar-refractivity contribution is 5.23. The molecule has 0 heterocycles. The third-order valence-electron chi connectivity index (χ3n) is 8.78. The zero-order valence-electron chi connectivity index (χ0n) is 14.5. The van der Waals surface area contributed by atoms with Gasteiger partial charge in [0.2, 0.25) is 0 Å². The van der Waals surface area contributed by atoms with E-state index in [9.17, 15) is 0 Å². The molecule has 0 N–H and O–H groups in total. The number of hydrogen-bond donors (Lipinski definition) is 0. The van der Waals surface area contributed by atoms with Crippen molar-refractivity contribution in [2.45, 2.75) is 85.0 Å². The molecule has 0 amide bonds. The van der Waals surface area contributed by atoms with Crippen molar-refractivity contribution >= 4 is 0 Å². The zero-order valence-corrected chi connectivity index (χ0v) is 14.5. The lowest BCUT2D eigenvalue weighted by molar-refractivity contribution is -0.0972. The first-order valence-corrected chi connectivity index (χ1v) is 9.75. The minimum atomic E-state index is 0.577. The van der Waals surface area contributed by atoms with Gasteiger partial charge in [-0.15, -0.1) is 0 Å². The first kappa shape index (κ1) is 14.3. The molecule has 4 saturated carbocycles. The average molecular weight is 287 g/mol. The predicted molar refractivity (Wildman–Crippen MR) is 90.1 cm³/mol. The SMILES string of the molecule is CC=C1CC[C@H]2[C@@H]3CCC4CCCC[C@]4(C)[C@H]3CC[C@]12C. The lowest BCUT2D eigenvalue weighted by Crippen LogP contribution is -2.52. The van der Waals surface area contributed by atoms with Gasteiger partial charge in [-0.05, 0) is 92.8 Å². The van der Waals surface area contributed by atoms with Crippen LogP contribution >= 0.6 is 0 Å². The van der Waals surface area contributed by atoms with Crippen molar-refractivity contribution in [2.75, 3.05) is 0 Å². The standard InChI is InChI=1S/C21H34/c1-4-15-9-11-18-17-10-8-16-7-5-6-13-20(16,2)19(17)12-14-21(15,18)3/h4,16-19H,5-14H2,1-3H3/t16?,17-,18-,19-,20-,21+/m0/s1. The molecule has 0 bridgehead atoms. The zero-order chi connectivity index (χ0) is 14.7. The van der Waals surface area contributed by atoms with Gasteiger partial charge in [-0.25, -0.2) is 0 Å². The fourth-order valence-electron chi connectivity index (χ4n) is 7.62. The molecular weight excluding hydrogens is 252 g/mol. The van der Waals surface area contributed by atoms with Crippen LogP contribution in [0.4, 0.5) is 0 Å². The van der Waals surface area contributed by atoms with Crippen molar-refractivity contribution in [1.29, 1.82) is 0 Å². The normalized spacial score (nSPS) is 54.9. The summed E-state index contributed by atoms with van der Waals surface area (Å²) in [6.45, 7) is 7.60. The quantitative estimate of drug-likeness (QED) is 0.454. The summed E-state index contributed by atoms with van der Waals surface area (Å²) < 4.78 is 0. The Hall–Kier alpha value is -0.260. The molecule has 0 heteroatoms. The fourth-order valence-corrected chi connectivity index (χ4v) is 7.62. The Balaban J connectivity index is 1.66. The average Bonchev–Trinajstić information content (AvgIpc) is 2.83. The van der Waals surface area contributed by atoms with E-state index < -0.39 is 0 Å². The van der Waals surface area contributed by atoms with Gasteiger partial charge in [0.15, 0.2) is 0 Å². The van der Waals surface area contributed by atoms with E-state index in [4.69, 9.17) is 0 Å². The minimum Gasteiger partial charge on any atom is -0.0879 e. The molecule has 4 aliphatic rings. The summed E-state index contributed by atoms with van der Waals surface area (Å²) in [5.41, 5.74) is 3.09. The van der Waals surface area contributed by atoms with E-state index in [0.717, 1.165) is 23.7 Å². The van der Waals surface area contributed by atoms with Gasteiger partial charge in [0.25, 0.3) is 0 Å². The van der Waals surface area contributed by atoms with Gasteiger partial charge in [-0.1, -0.05) is 38.3 Å². The second kappa shape index (κ2) is 4.87. The van der Waals surface area contributed by atoms with Crippen LogP contribution in [0.5, 0.6) is 0 Å². The third kappa shape index (κ3) is 1.86. The molecule has 0 aliphatic heterocycles. The topological polar surface area (TPSA) is 0 Å². The van der Waals surface area contributed by atoms with Gasteiger partial charge in [-0.3, -0.25) is 0 Å². The Labute approximate surface area is 131 Å². The second-order valence-electron chi connectivity index (χ2n) is 9.21. The number of allylic oxidation sites excluding steroid dienone is 2. The van der Waals surface area contributed by atoms with E-state index >= 15 is 0 Å². The Kier molecular flexibility index (Phi) is 3.32. The summed E-state index contributed by atoms with van der Waals surface area (Å²) in [6.07, 6.45) is 17.6. The lowest BCUT2D eigenvalue weighted by Gasteiger charge is -2.60. The van der Waals surface area contributed by atoms with Gasteiger partial charge in [0.05, 0.1) is 0 Å². The Morgan fingerprint density at radius 2 is 1.76 bits per heavy atom. The molecule has 0 saturated heterocycles. The van der Waals surface area contributed by atoms with Crippen LogP contribution in [0.1, 0.15) is 85.0 Å². The van der Waals surface area contributed by atoms with Crippen molar-refractivity contribution in [3.63, 3.8) is 0 Å².